The molecular formula is C24H26N4O4. The van der Waals surface area contributed by atoms with Crippen LogP contribution in [0.4, 0.5) is 5.82 Å². The summed E-state index contributed by atoms with van der Waals surface area (Å²) in [5.74, 6) is 3.42. The van der Waals surface area contributed by atoms with Crippen LogP contribution in [0.3, 0.4) is 0 Å². The fourth-order valence-corrected chi connectivity index (χ4v) is 3.91. The molecule has 4 rings (SSSR count). The molecule has 2 heterocycles. The number of aromatic amines is 1. The highest BCUT2D eigenvalue weighted by Gasteiger charge is 2.20. The molecule has 0 amide bonds. The van der Waals surface area contributed by atoms with Crippen LogP contribution < -0.4 is 23.8 Å². The van der Waals surface area contributed by atoms with Crippen LogP contribution in [0.1, 0.15) is 5.56 Å². The Bertz CT molecular complexity index is 1270. The van der Waals surface area contributed by atoms with Crippen LogP contribution in [0.25, 0.3) is 21.9 Å². The van der Waals surface area contributed by atoms with E-state index >= 15 is 0 Å². The molecule has 0 radical (unpaired) electrons. The smallest absolute Gasteiger partial charge is 0.165 e. The van der Waals surface area contributed by atoms with Gasteiger partial charge in [0.05, 0.1) is 34.0 Å². The van der Waals surface area contributed by atoms with E-state index in [1.54, 1.807) is 34.8 Å². The summed E-state index contributed by atoms with van der Waals surface area (Å²) in [5, 5.41) is 0.929. The molecule has 0 unspecified atom stereocenters. The summed E-state index contributed by atoms with van der Waals surface area (Å²) in [5.41, 5.74) is 3.48. The Morgan fingerprint density at radius 2 is 1.72 bits per heavy atom. The summed E-state index contributed by atoms with van der Waals surface area (Å²) in [6, 6.07) is 9.66. The van der Waals surface area contributed by atoms with Gasteiger partial charge in [-0.2, -0.15) is 0 Å². The highest BCUT2D eigenvalue weighted by Crippen LogP contribution is 2.38. The van der Waals surface area contributed by atoms with Crippen molar-refractivity contribution in [1.29, 1.82) is 0 Å². The number of methoxy groups -OCH3 is 4. The number of para-hydroxylation sites is 1. The summed E-state index contributed by atoms with van der Waals surface area (Å²) in [4.78, 5) is 14.7. The Labute approximate surface area is 186 Å². The van der Waals surface area contributed by atoms with Crippen molar-refractivity contribution in [3.63, 3.8) is 0 Å². The largest absolute Gasteiger partial charge is 0.493 e. The Hall–Kier alpha value is -3.94. The van der Waals surface area contributed by atoms with Gasteiger partial charge in [-0.25, -0.2) is 9.97 Å². The van der Waals surface area contributed by atoms with Gasteiger partial charge < -0.3 is 28.8 Å². The number of anilines is 1. The molecule has 0 aliphatic heterocycles. The van der Waals surface area contributed by atoms with Gasteiger partial charge in [-0.3, -0.25) is 0 Å². The van der Waals surface area contributed by atoms with Crippen molar-refractivity contribution in [2.45, 2.75) is 6.54 Å². The van der Waals surface area contributed by atoms with Crippen molar-refractivity contribution < 1.29 is 18.9 Å². The average Bonchev–Trinajstić information content (AvgIpc) is 3.20. The Morgan fingerprint density at radius 1 is 0.969 bits per heavy atom. The number of aromatic nitrogens is 3. The van der Waals surface area contributed by atoms with Gasteiger partial charge in [-0.05, 0) is 12.1 Å². The molecule has 0 saturated heterocycles. The monoisotopic (exact) mass is 434 g/mol. The second-order valence-corrected chi connectivity index (χ2v) is 7.12. The first-order valence-corrected chi connectivity index (χ1v) is 10.1. The number of hydrogen-bond donors (Lipinski definition) is 1. The van der Waals surface area contributed by atoms with Crippen molar-refractivity contribution in [3.05, 3.63) is 54.9 Å². The Kier molecular flexibility index (Phi) is 6.02. The van der Waals surface area contributed by atoms with E-state index in [9.17, 15) is 0 Å². The SMILES string of the molecule is C=CCN(Cc1cccc(OC)c1OC)c1ncnc2c1[nH]c1cc(OC)c(OC)cc12. The third-order valence-corrected chi connectivity index (χ3v) is 5.36. The molecule has 8 nitrogen and oxygen atoms in total. The highest BCUT2D eigenvalue weighted by molar-refractivity contribution is 6.09. The molecule has 0 aliphatic carbocycles. The zero-order valence-corrected chi connectivity index (χ0v) is 18.6. The van der Waals surface area contributed by atoms with E-state index in [2.05, 4.69) is 26.4 Å². The lowest BCUT2D eigenvalue weighted by Gasteiger charge is -2.24. The van der Waals surface area contributed by atoms with Gasteiger partial charge in [0.15, 0.2) is 28.8 Å². The molecule has 0 fully saturated rings. The normalized spacial score (nSPS) is 10.9. The molecule has 166 valence electrons. The summed E-state index contributed by atoms with van der Waals surface area (Å²) in [6.07, 6.45) is 3.41. The van der Waals surface area contributed by atoms with Crippen LogP contribution in [-0.2, 0) is 6.54 Å². The molecule has 2 aromatic carbocycles. The van der Waals surface area contributed by atoms with Crippen LogP contribution in [0.15, 0.2) is 49.3 Å². The van der Waals surface area contributed by atoms with Gasteiger partial charge in [-0.15, -0.1) is 6.58 Å². The number of benzene rings is 2. The van der Waals surface area contributed by atoms with E-state index in [0.717, 1.165) is 33.3 Å². The maximum Gasteiger partial charge on any atom is 0.165 e. The quantitative estimate of drug-likeness (QED) is 0.393. The molecule has 0 atom stereocenters. The lowest BCUT2D eigenvalue weighted by molar-refractivity contribution is 0.351. The lowest BCUT2D eigenvalue weighted by atomic mass is 10.1. The van der Waals surface area contributed by atoms with Crippen molar-refractivity contribution in [3.8, 4) is 23.0 Å². The van der Waals surface area contributed by atoms with E-state index in [-0.39, 0.29) is 0 Å². The minimum atomic E-state index is 0.542. The van der Waals surface area contributed by atoms with Crippen LogP contribution >= 0.6 is 0 Å². The molecule has 32 heavy (non-hydrogen) atoms. The third-order valence-electron chi connectivity index (χ3n) is 5.36. The van der Waals surface area contributed by atoms with Gasteiger partial charge >= 0.3 is 0 Å². The number of nitrogens with one attached hydrogen (secondary N) is 1. The van der Waals surface area contributed by atoms with Crippen LogP contribution in [0, 0.1) is 0 Å². The summed E-state index contributed by atoms with van der Waals surface area (Å²) in [7, 11) is 6.50. The zero-order valence-electron chi connectivity index (χ0n) is 18.6. The molecule has 0 saturated carbocycles. The van der Waals surface area contributed by atoms with Gasteiger partial charge in [0.2, 0.25) is 0 Å². The molecular weight excluding hydrogens is 408 g/mol. The molecule has 8 heteroatoms. The first-order chi connectivity index (χ1) is 15.6. The summed E-state index contributed by atoms with van der Waals surface area (Å²) >= 11 is 0. The lowest BCUT2D eigenvalue weighted by Crippen LogP contribution is -2.24. The van der Waals surface area contributed by atoms with Crippen LogP contribution in [0.5, 0.6) is 23.0 Å². The van der Waals surface area contributed by atoms with Crippen molar-refractivity contribution in [2.75, 3.05) is 39.9 Å². The van der Waals surface area contributed by atoms with E-state index in [1.807, 2.05) is 36.4 Å². The topological polar surface area (TPSA) is 81.7 Å². The van der Waals surface area contributed by atoms with E-state index < -0.39 is 0 Å². The Morgan fingerprint density at radius 3 is 2.41 bits per heavy atom. The van der Waals surface area contributed by atoms with Crippen molar-refractivity contribution in [1.82, 2.24) is 15.0 Å². The minimum absolute atomic E-state index is 0.542. The number of rotatable bonds is 9. The zero-order chi connectivity index (χ0) is 22.7. The van der Waals surface area contributed by atoms with E-state index in [4.69, 9.17) is 18.9 Å². The maximum absolute atomic E-state index is 5.62. The van der Waals surface area contributed by atoms with Crippen molar-refractivity contribution >= 4 is 27.8 Å². The average molecular weight is 434 g/mol. The van der Waals surface area contributed by atoms with Gasteiger partial charge in [0.25, 0.3) is 0 Å². The molecule has 0 aliphatic rings. The fourth-order valence-electron chi connectivity index (χ4n) is 3.91. The predicted octanol–water partition coefficient (Wildman–Crippen LogP) is 4.34. The minimum Gasteiger partial charge on any atom is -0.493 e. The van der Waals surface area contributed by atoms with Crippen LogP contribution in [0.2, 0.25) is 0 Å². The number of nitrogens with zero attached hydrogens (tertiary/aromatic N) is 3. The number of H-pyrrole nitrogens is 1. The van der Waals surface area contributed by atoms with E-state index in [0.29, 0.717) is 36.1 Å². The van der Waals surface area contributed by atoms with Crippen molar-refractivity contribution in [2.24, 2.45) is 0 Å². The molecule has 0 spiro atoms. The predicted molar refractivity (Wildman–Crippen MR) is 125 cm³/mol. The molecule has 4 aromatic rings. The summed E-state index contributed by atoms with van der Waals surface area (Å²) in [6.45, 7) is 5.05. The second-order valence-electron chi connectivity index (χ2n) is 7.12. The molecule has 0 bridgehead atoms. The number of fused-ring (bicyclic) bond motifs is 3. The van der Waals surface area contributed by atoms with Gasteiger partial charge in [-0.1, -0.05) is 18.2 Å². The molecule has 2 aromatic heterocycles. The van der Waals surface area contributed by atoms with Crippen LogP contribution in [-0.4, -0.2) is 49.9 Å². The fraction of sp³-hybridized carbons (Fsp3) is 0.250. The number of ether oxygens (including phenoxy) is 4. The second kappa shape index (κ2) is 9.05. The number of hydrogen-bond acceptors (Lipinski definition) is 7. The van der Waals surface area contributed by atoms with E-state index in [1.165, 1.54) is 0 Å². The van der Waals surface area contributed by atoms with Gasteiger partial charge in [0, 0.05) is 30.1 Å². The van der Waals surface area contributed by atoms with Gasteiger partial charge in [0.1, 0.15) is 17.4 Å². The third kappa shape index (κ3) is 3.64. The standard InChI is InChI=1S/C24H26N4O4/c1-6-10-28(13-15-8-7-9-18(29-2)23(15)32-5)24-22-21(25-14-26-24)16-11-19(30-3)20(31-4)12-17(16)27-22/h6-9,11-12,14,27H,1,10,13H2,2-5H3. The summed E-state index contributed by atoms with van der Waals surface area (Å²) < 4.78 is 22.0. The molecule has 1 N–H and O–H groups in total. The maximum atomic E-state index is 5.62. The Balaban J connectivity index is 1.85. The first-order valence-electron chi connectivity index (χ1n) is 10.1. The first kappa shape index (κ1) is 21.3. The highest BCUT2D eigenvalue weighted by atomic mass is 16.5.